The first kappa shape index (κ1) is 16.9. The molecule has 1 atom stereocenters. The summed E-state index contributed by atoms with van der Waals surface area (Å²) in [5.41, 5.74) is 3.95. The van der Waals surface area contributed by atoms with Crippen LogP contribution in [0.3, 0.4) is 0 Å². The van der Waals surface area contributed by atoms with Gasteiger partial charge in [0.25, 0.3) is 0 Å². The van der Waals surface area contributed by atoms with E-state index >= 15 is 0 Å². The van der Waals surface area contributed by atoms with Gasteiger partial charge in [0.1, 0.15) is 0 Å². The summed E-state index contributed by atoms with van der Waals surface area (Å²) in [7, 11) is 0. The fourth-order valence-electron chi connectivity index (χ4n) is 2.57. The third-order valence-corrected chi connectivity index (χ3v) is 4.00. The van der Waals surface area contributed by atoms with Crippen LogP contribution in [0.5, 0.6) is 0 Å². The van der Waals surface area contributed by atoms with Crippen molar-refractivity contribution in [2.45, 2.75) is 19.5 Å². The predicted molar refractivity (Wildman–Crippen MR) is 101 cm³/mol. The number of amides is 1. The lowest BCUT2D eigenvalue weighted by Gasteiger charge is -2.16. The summed E-state index contributed by atoms with van der Waals surface area (Å²) >= 11 is 0. The minimum Gasteiger partial charge on any atom is -0.324 e. The maximum Gasteiger partial charge on any atom is 0.241 e. The molecule has 126 valence electrons. The quantitative estimate of drug-likeness (QED) is 0.721. The van der Waals surface area contributed by atoms with Crippen molar-refractivity contribution in [2.75, 3.05) is 5.32 Å². The fourth-order valence-corrected chi connectivity index (χ4v) is 2.57. The van der Waals surface area contributed by atoms with Crippen LogP contribution in [0.2, 0.25) is 0 Å². The normalized spacial score (nSPS) is 11.7. The second-order valence-corrected chi connectivity index (χ2v) is 5.86. The molecule has 0 fully saturated rings. The molecule has 25 heavy (non-hydrogen) atoms. The van der Waals surface area contributed by atoms with Crippen molar-refractivity contribution in [1.29, 1.82) is 0 Å². The zero-order chi connectivity index (χ0) is 17.5. The number of carbonyl (C=O) groups is 1. The molecule has 3 aromatic rings. The smallest absolute Gasteiger partial charge is 0.241 e. The van der Waals surface area contributed by atoms with Gasteiger partial charge < -0.3 is 10.6 Å². The molecule has 0 saturated heterocycles. The molecular weight excluding hydrogens is 310 g/mol. The molecule has 0 spiro atoms. The van der Waals surface area contributed by atoms with Gasteiger partial charge in [-0.1, -0.05) is 54.6 Å². The molecule has 2 aromatic carbocycles. The van der Waals surface area contributed by atoms with E-state index in [2.05, 4.69) is 15.6 Å². The summed E-state index contributed by atoms with van der Waals surface area (Å²) in [6.07, 6.45) is 3.53. The van der Waals surface area contributed by atoms with Crippen molar-refractivity contribution in [3.8, 4) is 11.1 Å². The van der Waals surface area contributed by atoms with Crippen molar-refractivity contribution in [1.82, 2.24) is 10.3 Å². The van der Waals surface area contributed by atoms with Crippen LogP contribution in [0.1, 0.15) is 12.5 Å². The number of nitrogens with one attached hydrogen (secondary N) is 2. The van der Waals surface area contributed by atoms with Gasteiger partial charge in [0, 0.05) is 30.2 Å². The molecule has 1 aromatic heterocycles. The third kappa shape index (κ3) is 4.52. The van der Waals surface area contributed by atoms with Crippen molar-refractivity contribution < 1.29 is 4.79 Å². The van der Waals surface area contributed by atoms with Crippen LogP contribution in [0.25, 0.3) is 11.1 Å². The Morgan fingerprint density at radius 1 is 1.00 bits per heavy atom. The number of carbonyl (C=O) groups excluding carboxylic acids is 1. The minimum absolute atomic E-state index is 0.0627. The summed E-state index contributed by atoms with van der Waals surface area (Å²) in [5, 5.41) is 6.25. The van der Waals surface area contributed by atoms with Gasteiger partial charge in [-0.3, -0.25) is 9.78 Å². The maximum absolute atomic E-state index is 12.5. The van der Waals surface area contributed by atoms with Gasteiger partial charge in [-0.05, 0) is 30.2 Å². The second kappa shape index (κ2) is 8.22. The van der Waals surface area contributed by atoms with Gasteiger partial charge in [-0.25, -0.2) is 0 Å². The lowest BCUT2D eigenvalue weighted by atomic mass is 10.0. The summed E-state index contributed by atoms with van der Waals surface area (Å²) in [5.74, 6) is -0.0627. The highest BCUT2D eigenvalue weighted by Crippen LogP contribution is 2.27. The lowest BCUT2D eigenvalue weighted by molar-refractivity contribution is -0.117. The van der Waals surface area contributed by atoms with Crippen LogP contribution in [0.4, 0.5) is 5.69 Å². The number of anilines is 1. The first-order chi connectivity index (χ1) is 12.2. The molecular formula is C21H21N3O. The van der Waals surface area contributed by atoms with Gasteiger partial charge in [-0.2, -0.15) is 0 Å². The van der Waals surface area contributed by atoms with Crippen LogP contribution < -0.4 is 10.6 Å². The molecule has 3 rings (SSSR count). The van der Waals surface area contributed by atoms with E-state index in [9.17, 15) is 4.79 Å². The van der Waals surface area contributed by atoms with E-state index in [0.29, 0.717) is 6.54 Å². The number of nitrogens with zero attached hydrogens (tertiary/aromatic N) is 1. The molecule has 1 amide bonds. The second-order valence-electron chi connectivity index (χ2n) is 5.86. The summed E-state index contributed by atoms with van der Waals surface area (Å²) in [6.45, 7) is 2.46. The molecule has 0 radical (unpaired) electrons. The van der Waals surface area contributed by atoms with Gasteiger partial charge in [0.2, 0.25) is 5.91 Å². The predicted octanol–water partition coefficient (Wildman–Crippen LogP) is 3.87. The van der Waals surface area contributed by atoms with Crippen LogP contribution in [0.15, 0.2) is 79.1 Å². The van der Waals surface area contributed by atoms with Crippen LogP contribution in [-0.4, -0.2) is 16.9 Å². The van der Waals surface area contributed by atoms with E-state index in [4.69, 9.17) is 0 Å². The average molecular weight is 331 g/mol. The Morgan fingerprint density at radius 3 is 2.52 bits per heavy atom. The first-order valence-corrected chi connectivity index (χ1v) is 8.31. The van der Waals surface area contributed by atoms with E-state index in [1.54, 1.807) is 12.4 Å². The largest absolute Gasteiger partial charge is 0.324 e. The molecule has 0 aliphatic carbocycles. The van der Waals surface area contributed by atoms with Crippen molar-refractivity contribution in [3.05, 3.63) is 84.7 Å². The molecule has 0 saturated carbocycles. The topological polar surface area (TPSA) is 54.0 Å². The Bertz CT molecular complexity index is 819. The van der Waals surface area contributed by atoms with Crippen LogP contribution >= 0.6 is 0 Å². The Morgan fingerprint density at radius 2 is 1.76 bits per heavy atom. The van der Waals surface area contributed by atoms with Crippen LogP contribution in [0, 0.1) is 0 Å². The van der Waals surface area contributed by atoms with Crippen molar-refractivity contribution in [3.63, 3.8) is 0 Å². The highest BCUT2D eigenvalue weighted by Gasteiger charge is 2.14. The average Bonchev–Trinajstić information content (AvgIpc) is 2.68. The number of aromatic nitrogens is 1. The van der Waals surface area contributed by atoms with E-state index in [0.717, 1.165) is 22.4 Å². The number of para-hydroxylation sites is 1. The maximum atomic E-state index is 12.5. The van der Waals surface area contributed by atoms with Crippen molar-refractivity contribution in [2.24, 2.45) is 0 Å². The number of hydrogen-bond donors (Lipinski definition) is 2. The van der Waals surface area contributed by atoms with Gasteiger partial charge in [0.15, 0.2) is 0 Å². The van der Waals surface area contributed by atoms with Gasteiger partial charge in [-0.15, -0.1) is 0 Å². The zero-order valence-electron chi connectivity index (χ0n) is 14.1. The van der Waals surface area contributed by atoms with E-state index in [1.807, 2.05) is 73.7 Å². The fraction of sp³-hybridized carbons (Fsp3) is 0.143. The molecule has 0 aliphatic rings. The molecule has 4 nitrogen and oxygen atoms in total. The van der Waals surface area contributed by atoms with Gasteiger partial charge in [0.05, 0.1) is 6.04 Å². The molecule has 0 aliphatic heterocycles. The molecule has 1 heterocycles. The van der Waals surface area contributed by atoms with E-state index in [1.165, 1.54) is 0 Å². The summed E-state index contributed by atoms with van der Waals surface area (Å²) in [4.78, 5) is 16.6. The minimum atomic E-state index is -0.316. The molecule has 4 heteroatoms. The number of hydrogen-bond acceptors (Lipinski definition) is 3. The molecule has 0 unspecified atom stereocenters. The van der Waals surface area contributed by atoms with Gasteiger partial charge >= 0.3 is 0 Å². The highest BCUT2D eigenvalue weighted by atomic mass is 16.2. The monoisotopic (exact) mass is 331 g/mol. The standard InChI is InChI=1S/C21H21N3O/c1-16(23-15-17-8-7-13-22-14-17)21(25)24-20-12-6-5-11-19(20)18-9-3-2-4-10-18/h2-14,16,23H,15H2,1H3,(H,24,25)/t16-/m0/s1. The Kier molecular flexibility index (Phi) is 5.54. The highest BCUT2D eigenvalue weighted by molar-refractivity contribution is 5.98. The Hall–Kier alpha value is -2.98. The Balaban J connectivity index is 1.67. The Labute approximate surface area is 147 Å². The number of benzene rings is 2. The summed E-state index contributed by atoms with van der Waals surface area (Å²) in [6, 6.07) is 21.4. The zero-order valence-corrected chi connectivity index (χ0v) is 14.1. The number of pyridine rings is 1. The van der Waals surface area contributed by atoms with Crippen molar-refractivity contribution >= 4 is 11.6 Å². The first-order valence-electron chi connectivity index (χ1n) is 8.31. The summed E-state index contributed by atoms with van der Waals surface area (Å²) < 4.78 is 0. The lowest BCUT2D eigenvalue weighted by Crippen LogP contribution is -2.37. The molecule has 0 bridgehead atoms. The van der Waals surface area contributed by atoms with Crippen LogP contribution in [-0.2, 0) is 11.3 Å². The SMILES string of the molecule is C[C@H](NCc1cccnc1)C(=O)Nc1ccccc1-c1ccccc1. The third-order valence-electron chi connectivity index (χ3n) is 4.00. The number of rotatable bonds is 6. The van der Waals surface area contributed by atoms with E-state index < -0.39 is 0 Å². The van der Waals surface area contributed by atoms with E-state index in [-0.39, 0.29) is 11.9 Å². The molecule has 2 N–H and O–H groups in total.